The minimum atomic E-state index is -1.04. The number of benzene rings is 2. The van der Waals surface area contributed by atoms with Crippen molar-refractivity contribution >= 4 is 16.9 Å². The first-order valence-corrected chi connectivity index (χ1v) is 12.0. The summed E-state index contributed by atoms with van der Waals surface area (Å²) in [4.78, 5) is 27.6. The highest BCUT2D eigenvalue weighted by atomic mass is 16.4. The van der Waals surface area contributed by atoms with Crippen LogP contribution in [-0.2, 0) is 13.1 Å². The van der Waals surface area contributed by atoms with Gasteiger partial charge >= 0.3 is 6.09 Å². The average Bonchev–Trinajstić information content (AvgIpc) is 3.25. The fourth-order valence-corrected chi connectivity index (χ4v) is 4.43. The van der Waals surface area contributed by atoms with E-state index in [1.165, 1.54) is 4.90 Å². The predicted octanol–water partition coefficient (Wildman–Crippen LogP) is 5.96. The molecule has 0 aliphatic rings. The second-order valence-electron chi connectivity index (χ2n) is 10.4. The van der Waals surface area contributed by atoms with Crippen LogP contribution in [0.2, 0.25) is 0 Å². The van der Waals surface area contributed by atoms with E-state index in [9.17, 15) is 14.7 Å². The maximum Gasteiger partial charge on any atom is 0.408 e. The number of carbonyl (C=O) groups is 1. The molecule has 0 spiro atoms. The second kappa shape index (κ2) is 9.60. The van der Waals surface area contributed by atoms with Crippen molar-refractivity contribution in [1.29, 1.82) is 0 Å². The van der Waals surface area contributed by atoms with Crippen molar-refractivity contribution in [2.24, 2.45) is 5.92 Å². The van der Waals surface area contributed by atoms with E-state index in [2.05, 4.69) is 10.2 Å². The Hall–Kier alpha value is -3.94. The summed E-state index contributed by atoms with van der Waals surface area (Å²) < 4.78 is 7.39. The minimum Gasteiger partial charge on any atom is -0.465 e. The molecular formula is C28H32N4O4. The summed E-state index contributed by atoms with van der Waals surface area (Å²) in [5, 5.41) is 19.4. The lowest BCUT2D eigenvalue weighted by Crippen LogP contribution is -2.45. The fourth-order valence-electron chi connectivity index (χ4n) is 4.43. The number of rotatable bonds is 6. The maximum atomic E-state index is 13.9. The van der Waals surface area contributed by atoms with Crippen LogP contribution >= 0.6 is 0 Å². The van der Waals surface area contributed by atoms with Crippen LogP contribution in [0.1, 0.15) is 46.2 Å². The molecule has 2 aromatic heterocycles. The van der Waals surface area contributed by atoms with Gasteiger partial charge in [-0.1, -0.05) is 44.2 Å². The molecule has 0 aliphatic carbocycles. The molecule has 2 heterocycles. The lowest BCUT2D eigenvalue weighted by atomic mass is 9.94. The molecule has 0 atom stereocenters. The van der Waals surface area contributed by atoms with Crippen molar-refractivity contribution in [2.45, 2.75) is 60.2 Å². The molecule has 0 fully saturated rings. The predicted molar refractivity (Wildman–Crippen MR) is 140 cm³/mol. The number of fused-ring (bicyclic) bond motifs is 1. The highest BCUT2D eigenvalue weighted by Crippen LogP contribution is 2.35. The van der Waals surface area contributed by atoms with E-state index in [-0.39, 0.29) is 18.0 Å². The van der Waals surface area contributed by atoms with E-state index >= 15 is 0 Å². The van der Waals surface area contributed by atoms with Crippen LogP contribution < -0.4 is 5.56 Å². The third-order valence-electron chi connectivity index (χ3n) is 6.11. The molecule has 1 amide bonds. The zero-order valence-electron chi connectivity index (χ0n) is 21.6. The molecular weight excluding hydrogens is 456 g/mol. The monoisotopic (exact) mass is 488 g/mol. The van der Waals surface area contributed by atoms with Gasteiger partial charge in [-0.05, 0) is 55.8 Å². The lowest BCUT2D eigenvalue weighted by molar-refractivity contribution is 0.0937. The summed E-state index contributed by atoms with van der Waals surface area (Å²) in [6, 6.07) is 15.3. The van der Waals surface area contributed by atoms with Gasteiger partial charge in [-0.25, -0.2) is 4.79 Å². The van der Waals surface area contributed by atoms with E-state index in [1.54, 1.807) is 17.6 Å². The topological polar surface area (TPSA) is 101 Å². The molecule has 8 heteroatoms. The Morgan fingerprint density at radius 1 is 1.06 bits per heavy atom. The molecule has 4 rings (SSSR count). The SMILES string of the molecule is Cc1nnc(-c2ccc3c(=O)n(CC(C)C)c(CN(C(=O)O)C(C)(C)C)c(-c4ccccc4)c3c2)o1. The van der Waals surface area contributed by atoms with Gasteiger partial charge in [0.15, 0.2) is 0 Å². The number of aryl methyl sites for hydroxylation is 1. The number of hydrogen-bond donors (Lipinski definition) is 1. The normalized spacial score (nSPS) is 11.9. The van der Waals surface area contributed by atoms with E-state index < -0.39 is 11.6 Å². The van der Waals surface area contributed by atoms with Gasteiger partial charge in [-0.2, -0.15) is 0 Å². The van der Waals surface area contributed by atoms with Crippen LogP contribution in [0.5, 0.6) is 0 Å². The Labute approximate surface area is 210 Å². The van der Waals surface area contributed by atoms with Crippen molar-refractivity contribution in [3.8, 4) is 22.6 Å². The molecule has 4 aromatic rings. The Bertz CT molecular complexity index is 1460. The van der Waals surface area contributed by atoms with Gasteiger partial charge in [0.1, 0.15) is 0 Å². The summed E-state index contributed by atoms with van der Waals surface area (Å²) in [5.41, 5.74) is 2.24. The van der Waals surface area contributed by atoms with Crippen LogP contribution in [0.15, 0.2) is 57.7 Å². The summed E-state index contributed by atoms with van der Waals surface area (Å²) in [5.74, 6) is 0.989. The minimum absolute atomic E-state index is 0.0604. The lowest BCUT2D eigenvalue weighted by Gasteiger charge is -2.35. The number of amides is 1. The smallest absolute Gasteiger partial charge is 0.408 e. The number of nitrogens with zero attached hydrogens (tertiary/aromatic N) is 4. The van der Waals surface area contributed by atoms with E-state index in [0.717, 1.165) is 11.1 Å². The van der Waals surface area contributed by atoms with Gasteiger partial charge in [0.05, 0.1) is 6.54 Å². The van der Waals surface area contributed by atoms with Gasteiger partial charge in [0, 0.05) is 41.2 Å². The van der Waals surface area contributed by atoms with Crippen LogP contribution in [-0.4, -0.2) is 36.4 Å². The van der Waals surface area contributed by atoms with Gasteiger partial charge in [0.2, 0.25) is 11.8 Å². The van der Waals surface area contributed by atoms with E-state index in [1.807, 2.05) is 77.1 Å². The molecule has 188 valence electrons. The Morgan fingerprint density at radius 2 is 1.75 bits per heavy atom. The molecule has 0 radical (unpaired) electrons. The third kappa shape index (κ3) is 4.89. The van der Waals surface area contributed by atoms with Crippen molar-refractivity contribution < 1.29 is 14.3 Å². The molecule has 0 saturated heterocycles. The summed E-state index contributed by atoms with van der Waals surface area (Å²) >= 11 is 0. The maximum absolute atomic E-state index is 13.9. The van der Waals surface area contributed by atoms with Gasteiger partial charge in [0.25, 0.3) is 5.56 Å². The van der Waals surface area contributed by atoms with Crippen LogP contribution in [0.25, 0.3) is 33.4 Å². The summed E-state index contributed by atoms with van der Waals surface area (Å²) in [7, 11) is 0. The van der Waals surface area contributed by atoms with Gasteiger partial charge in [-0.15, -0.1) is 10.2 Å². The Morgan fingerprint density at radius 3 is 2.31 bits per heavy atom. The van der Waals surface area contributed by atoms with Crippen LogP contribution in [0.4, 0.5) is 4.79 Å². The van der Waals surface area contributed by atoms with Crippen molar-refractivity contribution in [3.63, 3.8) is 0 Å². The molecule has 8 nitrogen and oxygen atoms in total. The molecule has 2 aromatic carbocycles. The highest BCUT2D eigenvalue weighted by Gasteiger charge is 2.30. The quantitative estimate of drug-likeness (QED) is 0.359. The highest BCUT2D eigenvalue weighted by molar-refractivity contribution is 5.99. The summed E-state index contributed by atoms with van der Waals surface area (Å²) in [6.07, 6.45) is -1.04. The average molecular weight is 489 g/mol. The number of aromatic nitrogens is 3. The molecule has 1 N–H and O–H groups in total. The first kappa shape index (κ1) is 25.2. The number of carboxylic acid groups (broad SMARTS) is 1. The molecule has 0 bridgehead atoms. The summed E-state index contributed by atoms with van der Waals surface area (Å²) in [6.45, 7) is 11.9. The Balaban J connectivity index is 2.12. The van der Waals surface area contributed by atoms with Crippen molar-refractivity contribution in [2.75, 3.05) is 0 Å². The zero-order valence-corrected chi connectivity index (χ0v) is 21.6. The molecule has 0 unspecified atom stereocenters. The molecule has 36 heavy (non-hydrogen) atoms. The van der Waals surface area contributed by atoms with Crippen LogP contribution in [0, 0.1) is 12.8 Å². The van der Waals surface area contributed by atoms with Crippen molar-refractivity contribution in [1.82, 2.24) is 19.7 Å². The molecule has 0 saturated carbocycles. The first-order valence-electron chi connectivity index (χ1n) is 12.0. The van der Waals surface area contributed by atoms with Crippen molar-refractivity contribution in [3.05, 3.63) is 70.5 Å². The standard InChI is InChI=1S/C28H32N4O4/c1-17(2)15-31-23(16-32(27(34)35)28(4,5)6)24(19-10-8-7-9-11-19)22-14-20(12-13-21(22)26(31)33)25-30-29-18(3)36-25/h7-14,17H,15-16H2,1-6H3,(H,34,35). The molecule has 0 aliphatic heterocycles. The van der Waals surface area contributed by atoms with Crippen LogP contribution in [0.3, 0.4) is 0 Å². The first-order chi connectivity index (χ1) is 17.0. The Kier molecular flexibility index (Phi) is 6.71. The fraction of sp³-hybridized carbons (Fsp3) is 0.357. The number of pyridine rings is 1. The largest absolute Gasteiger partial charge is 0.465 e. The third-order valence-corrected chi connectivity index (χ3v) is 6.11. The van der Waals surface area contributed by atoms with E-state index in [0.29, 0.717) is 40.4 Å². The van der Waals surface area contributed by atoms with E-state index in [4.69, 9.17) is 4.42 Å². The zero-order chi connectivity index (χ0) is 26.2. The van der Waals surface area contributed by atoms with Gasteiger partial charge < -0.3 is 14.1 Å². The number of hydrogen-bond acceptors (Lipinski definition) is 5. The van der Waals surface area contributed by atoms with Gasteiger partial charge in [-0.3, -0.25) is 9.69 Å². The second-order valence-corrected chi connectivity index (χ2v) is 10.4.